The van der Waals surface area contributed by atoms with E-state index in [4.69, 9.17) is 4.74 Å². The predicted octanol–water partition coefficient (Wildman–Crippen LogP) is 3.35. The lowest BCUT2D eigenvalue weighted by molar-refractivity contribution is -0.140. The van der Waals surface area contributed by atoms with Gasteiger partial charge in [-0.2, -0.15) is 0 Å². The van der Waals surface area contributed by atoms with Gasteiger partial charge >= 0.3 is 0 Å². The Morgan fingerprint density at radius 1 is 0.938 bits per heavy atom. The fourth-order valence-electron chi connectivity index (χ4n) is 6.14. The molecule has 32 heavy (non-hydrogen) atoms. The molecule has 1 aliphatic heterocycles. The summed E-state index contributed by atoms with van der Waals surface area (Å²) in [4.78, 5) is 43.3. The molecule has 2 saturated carbocycles. The van der Waals surface area contributed by atoms with Gasteiger partial charge < -0.3 is 4.74 Å². The molecule has 6 heteroatoms. The standard InChI is InChI=1S/C26H24N2O4/c1-32-21-10-6-5-9-20(21)27(24(29)15-7-3-2-4-8-15)14-28-25(30)22-16-11-12-17(19-13-18(16)19)23(22)26(28)31/h2-12,16-19,22-23H,13-14H2,1H3/t16-,17-,18-,19+,22+,23+/m1/s1. The van der Waals surface area contributed by atoms with E-state index < -0.39 is 0 Å². The number of allylic oxidation sites excluding steroid dienone is 2. The van der Waals surface area contributed by atoms with Gasteiger partial charge in [0.05, 0.1) is 24.6 Å². The van der Waals surface area contributed by atoms with Gasteiger partial charge in [-0.05, 0) is 54.4 Å². The minimum Gasteiger partial charge on any atom is -0.495 e. The van der Waals surface area contributed by atoms with E-state index in [9.17, 15) is 14.4 Å². The van der Waals surface area contributed by atoms with Crippen molar-refractivity contribution in [3.05, 3.63) is 72.3 Å². The van der Waals surface area contributed by atoms with E-state index in [1.807, 2.05) is 18.2 Å². The van der Waals surface area contributed by atoms with Crippen LogP contribution >= 0.6 is 0 Å². The largest absolute Gasteiger partial charge is 0.495 e. The van der Waals surface area contributed by atoms with Crippen molar-refractivity contribution in [3.63, 3.8) is 0 Å². The maximum atomic E-state index is 13.5. The fourth-order valence-corrected chi connectivity index (χ4v) is 6.14. The molecule has 0 aromatic heterocycles. The molecule has 5 aliphatic rings. The van der Waals surface area contributed by atoms with Crippen molar-refractivity contribution in [2.75, 3.05) is 18.7 Å². The summed E-state index contributed by atoms with van der Waals surface area (Å²) < 4.78 is 5.50. The smallest absolute Gasteiger partial charge is 0.259 e. The van der Waals surface area contributed by atoms with Crippen molar-refractivity contribution >= 4 is 23.4 Å². The van der Waals surface area contributed by atoms with Crippen LogP contribution in [0.4, 0.5) is 5.69 Å². The zero-order valence-electron chi connectivity index (χ0n) is 17.8. The minimum absolute atomic E-state index is 0.118. The Kier molecular flexibility index (Phi) is 4.25. The van der Waals surface area contributed by atoms with Crippen LogP contribution in [0.5, 0.6) is 5.75 Å². The van der Waals surface area contributed by atoms with Crippen LogP contribution in [-0.4, -0.2) is 36.4 Å². The van der Waals surface area contributed by atoms with E-state index in [-0.39, 0.29) is 48.1 Å². The summed E-state index contributed by atoms with van der Waals surface area (Å²) in [6.45, 7) is -0.118. The molecule has 0 spiro atoms. The summed E-state index contributed by atoms with van der Waals surface area (Å²) in [5.41, 5.74) is 1.01. The van der Waals surface area contributed by atoms with Crippen molar-refractivity contribution < 1.29 is 19.1 Å². The number of methoxy groups -OCH3 is 1. The monoisotopic (exact) mass is 428 g/mol. The fraction of sp³-hybridized carbons (Fsp3) is 0.346. The molecular formula is C26H24N2O4. The molecule has 2 bridgehead atoms. The highest BCUT2D eigenvalue weighted by Crippen LogP contribution is 2.65. The Balaban J connectivity index is 1.36. The highest BCUT2D eigenvalue weighted by Gasteiger charge is 2.67. The maximum absolute atomic E-state index is 13.5. The Bertz CT molecular complexity index is 1110. The van der Waals surface area contributed by atoms with E-state index in [0.717, 1.165) is 6.42 Å². The number of benzene rings is 2. The maximum Gasteiger partial charge on any atom is 0.259 e. The van der Waals surface area contributed by atoms with Gasteiger partial charge in [-0.15, -0.1) is 0 Å². The van der Waals surface area contributed by atoms with Crippen LogP contribution < -0.4 is 9.64 Å². The van der Waals surface area contributed by atoms with Gasteiger partial charge in [0.25, 0.3) is 5.91 Å². The topological polar surface area (TPSA) is 66.9 Å². The first kappa shape index (κ1) is 19.3. The molecule has 0 radical (unpaired) electrons. The quantitative estimate of drug-likeness (QED) is 0.541. The first-order chi connectivity index (χ1) is 15.6. The van der Waals surface area contributed by atoms with Gasteiger partial charge in [0, 0.05) is 5.56 Å². The van der Waals surface area contributed by atoms with Crippen LogP contribution in [0.2, 0.25) is 0 Å². The highest BCUT2D eigenvalue weighted by molar-refractivity contribution is 6.10. The summed E-state index contributed by atoms with van der Waals surface area (Å²) >= 11 is 0. The molecule has 0 unspecified atom stereocenters. The zero-order chi connectivity index (χ0) is 22.0. The molecule has 2 aromatic rings. The summed E-state index contributed by atoms with van der Waals surface area (Å²) in [5.74, 6) is 0.752. The number of likely N-dealkylation sites (tertiary alicyclic amines) is 1. The van der Waals surface area contributed by atoms with Gasteiger partial charge in [0.2, 0.25) is 11.8 Å². The second-order valence-corrected chi connectivity index (χ2v) is 9.17. The molecule has 0 N–H and O–H groups in total. The molecule has 3 fully saturated rings. The third-order valence-corrected chi connectivity index (χ3v) is 7.68. The zero-order valence-corrected chi connectivity index (χ0v) is 17.8. The number of imide groups is 1. The van der Waals surface area contributed by atoms with Gasteiger partial charge in [-0.25, -0.2) is 0 Å². The van der Waals surface area contributed by atoms with Crippen LogP contribution in [0, 0.1) is 35.5 Å². The lowest BCUT2D eigenvalue weighted by atomic mass is 9.63. The van der Waals surface area contributed by atoms with Crippen LogP contribution in [0.3, 0.4) is 0 Å². The molecular weight excluding hydrogens is 404 g/mol. The van der Waals surface area contributed by atoms with Gasteiger partial charge in [-0.1, -0.05) is 42.5 Å². The number of ether oxygens (including phenoxy) is 1. The number of para-hydroxylation sites is 2. The number of rotatable bonds is 5. The normalized spacial score (nSPS) is 31.3. The third kappa shape index (κ3) is 2.68. The van der Waals surface area contributed by atoms with Crippen LogP contribution in [0.15, 0.2) is 66.7 Å². The van der Waals surface area contributed by atoms with Crippen molar-refractivity contribution in [3.8, 4) is 5.75 Å². The molecule has 2 aromatic carbocycles. The van der Waals surface area contributed by atoms with Crippen molar-refractivity contribution in [1.82, 2.24) is 4.90 Å². The van der Waals surface area contributed by atoms with Crippen LogP contribution in [0.1, 0.15) is 16.8 Å². The second-order valence-electron chi connectivity index (χ2n) is 9.17. The van der Waals surface area contributed by atoms with Crippen molar-refractivity contribution in [1.29, 1.82) is 0 Å². The van der Waals surface area contributed by atoms with E-state index in [1.54, 1.807) is 43.5 Å². The van der Waals surface area contributed by atoms with E-state index in [0.29, 0.717) is 28.8 Å². The van der Waals surface area contributed by atoms with Gasteiger partial charge in [-0.3, -0.25) is 24.2 Å². The number of carbonyl (C=O) groups excluding carboxylic acids is 3. The molecule has 3 amide bonds. The molecule has 4 aliphatic carbocycles. The van der Waals surface area contributed by atoms with Gasteiger partial charge in [0.15, 0.2) is 0 Å². The first-order valence-corrected chi connectivity index (χ1v) is 11.1. The number of hydrogen-bond acceptors (Lipinski definition) is 4. The molecule has 1 heterocycles. The molecule has 6 atom stereocenters. The number of amides is 3. The SMILES string of the molecule is COc1ccccc1N(CN1C(=O)[C@H]2[C@@H]3C=C[C@H]([C@@H]4C[C@H]34)[C@@H]2C1=O)C(=O)c1ccccc1. The number of carbonyl (C=O) groups is 3. The van der Waals surface area contributed by atoms with Crippen molar-refractivity contribution in [2.45, 2.75) is 6.42 Å². The van der Waals surface area contributed by atoms with Crippen molar-refractivity contribution in [2.24, 2.45) is 35.5 Å². The average Bonchev–Trinajstić information content (AvgIpc) is 3.62. The average molecular weight is 428 g/mol. The number of nitrogens with zero attached hydrogens (tertiary/aromatic N) is 2. The lowest BCUT2D eigenvalue weighted by Crippen LogP contribution is -2.45. The van der Waals surface area contributed by atoms with Gasteiger partial charge in [0.1, 0.15) is 12.4 Å². The Morgan fingerprint density at radius 2 is 1.53 bits per heavy atom. The Morgan fingerprint density at radius 3 is 2.16 bits per heavy atom. The highest BCUT2D eigenvalue weighted by atomic mass is 16.5. The Hall–Kier alpha value is -3.41. The Labute approximate surface area is 186 Å². The lowest BCUT2D eigenvalue weighted by Gasteiger charge is -2.37. The predicted molar refractivity (Wildman–Crippen MR) is 118 cm³/mol. The second kappa shape index (κ2) is 7.05. The molecule has 1 saturated heterocycles. The summed E-state index contributed by atoms with van der Waals surface area (Å²) in [5, 5.41) is 0. The summed E-state index contributed by atoms with van der Waals surface area (Å²) in [6, 6.07) is 16.1. The molecule has 162 valence electrons. The van der Waals surface area contributed by atoms with Crippen LogP contribution in [0.25, 0.3) is 0 Å². The first-order valence-electron chi connectivity index (χ1n) is 11.1. The number of hydrogen-bond donors (Lipinski definition) is 0. The van der Waals surface area contributed by atoms with Crippen LogP contribution in [-0.2, 0) is 9.59 Å². The third-order valence-electron chi connectivity index (χ3n) is 7.68. The van der Waals surface area contributed by atoms with E-state index >= 15 is 0 Å². The number of anilines is 1. The minimum atomic E-state index is -0.285. The van der Waals surface area contributed by atoms with E-state index in [1.165, 1.54) is 9.80 Å². The summed E-state index contributed by atoms with van der Waals surface area (Å²) in [7, 11) is 1.54. The molecule has 6 nitrogen and oxygen atoms in total. The van der Waals surface area contributed by atoms with E-state index in [2.05, 4.69) is 12.2 Å². The summed E-state index contributed by atoms with van der Waals surface area (Å²) in [6.07, 6.45) is 5.43. The molecule has 7 rings (SSSR count).